The molecule has 6 heteroatoms. The van der Waals surface area contributed by atoms with Gasteiger partial charge in [-0.05, 0) is 43.9 Å². The Hall–Kier alpha value is -2.08. The number of nitrogens with zero attached hydrogens (tertiary/aromatic N) is 1. The first-order valence-electron chi connectivity index (χ1n) is 9.00. The molecule has 1 heterocycles. The molecule has 1 unspecified atom stereocenters. The predicted molar refractivity (Wildman–Crippen MR) is 91.8 cm³/mol. The first-order valence-corrected chi connectivity index (χ1v) is 9.00. The van der Waals surface area contributed by atoms with Gasteiger partial charge in [-0.2, -0.15) is 0 Å². The van der Waals surface area contributed by atoms with Crippen molar-refractivity contribution in [1.82, 2.24) is 4.90 Å². The van der Waals surface area contributed by atoms with Crippen LogP contribution in [0.15, 0.2) is 24.3 Å². The quantitative estimate of drug-likeness (QED) is 0.821. The fourth-order valence-corrected chi connectivity index (χ4v) is 3.65. The maximum absolute atomic E-state index is 13.1. The minimum absolute atomic E-state index is 0.0248. The van der Waals surface area contributed by atoms with E-state index in [1.165, 1.54) is 0 Å². The van der Waals surface area contributed by atoms with E-state index in [-0.39, 0.29) is 18.1 Å². The van der Waals surface area contributed by atoms with Crippen LogP contribution in [0.1, 0.15) is 48.9 Å². The lowest BCUT2D eigenvalue weighted by atomic mass is 10.1. The van der Waals surface area contributed by atoms with E-state index in [9.17, 15) is 9.59 Å². The van der Waals surface area contributed by atoms with E-state index in [1.54, 1.807) is 24.3 Å². The summed E-state index contributed by atoms with van der Waals surface area (Å²) in [6.45, 7) is 0.986. The minimum Gasteiger partial charge on any atom is -0.482 e. The lowest BCUT2D eigenvalue weighted by Gasteiger charge is -2.31. The molecule has 1 atom stereocenters. The van der Waals surface area contributed by atoms with Gasteiger partial charge in [0.1, 0.15) is 5.75 Å². The van der Waals surface area contributed by atoms with Gasteiger partial charge in [0, 0.05) is 24.8 Å². The Morgan fingerprint density at radius 3 is 2.68 bits per heavy atom. The highest BCUT2D eigenvalue weighted by molar-refractivity contribution is 5.95. The Balaban J connectivity index is 1.73. The molecule has 0 bridgehead atoms. The number of amides is 1. The van der Waals surface area contributed by atoms with Crippen LogP contribution in [0.3, 0.4) is 0 Å². The fourth-order valence-electron chi connectivity index (χ4n) is 3.65. The maximum atomic E-state index is 13.1. The van der Waals surface area contributed by atoms with Gasteiger partial charge in [0.05, 0.1) is 6.10 Å². The Morgan fingerprint density at radius 1 is 1.20 bits per heavy atom. The Morgan fingerprint density at radius 2 is 2.00 bits per heavy atom. The number of carbonyl (C=O) groups is 2. The van der Waals surface area contributed by atoms with Crippen molar-refractivity contribution in [3.63, 3.8) is 0 Å². The average molecular weight is 347 g/mol. The molecule has 1 aliphatic heterocycles. The molecule has 1 aromatic rings. The molecule has 25 heavy (non-hydrogen) atoms. The SMILES string of the molecule is O=C(O)COc1cccc(C(=O)N(CC2CCCO2)C2CCCC2)c1. The summed E-state index contributed by atoms with van der Waals surface area (Å²) in [5.41, 5.74) is 0.535. The molecule has 0 radical (unpaired) electrons. The highest BCUT2D eigenvalue weighted by Gasteiger charge is 2.31. The predicted octanol–water partition coefficient (Wildman–Crippen LogP) is 2.71. The number of carbonyl (C=O) groups excluding carboxylic acids is 1. The van der Waals surface area contributed by atoms with Gasteiger partial charge in [0.15, 0.2) is 6.61 Å². The van der Waals surface area contributed by atoms with Crippen LogP contribution in [-0.2, 0) is 9.53 Å². The average Bonchev–Trinajstić information content (AvgIpc) is 3.31. The zero-order valence-corrected chi connectivity index (χ0v) is 14.4. The standard InChI is InChI=1S/C19H25NO5/c21-18(22)13-25-16-8-3-5-14(11-16)19(23)20(15-6-1-2-7-15)12-17-9-4-10-24-17/h3,5,8,11,15,17H,1-2,4,6-7,9-10,12-13H2,(H,21,22). The molecule has 0 aromatic heterocycles. The number of benzene rings is 1. The molecule has 1 saturated carbocycles. The van der Waals surface area contributed by atoms with Gasteiger partial charge in [-0.3, -0.25) is 4.79 Å². The number of ether oxygens (including phenoxy) is 2. The van der Waals surface area contributed by atoms with Gasteiger partial charge in [-0.25, -0.2) is 4.79 Å². The van der Waals surface area contributed by atoms with Crippen LogP contribution in [0.5, 0.6) is 5.75 Å². The van der Waals surface area contributed by atoms with Crippen molar-refractivity contribution in [3.05, 3.63) is 29.8 Å². The summed E-state index contributed by atoms with van der Waals surface area (Å²) in [6, 6.07) is 7.04. The van der Waals surface area contributed by atoms with E-state index < -0.39 is 12.6 Å². The Bertz CT molecular complexity index is 606. The maximum Gasteiger partial charge on any atom is 0.341 e. The molecular weight excluding hydrogens is 322 g/mol. The van der Waals surface area contributed by atoms with Crippen LogP contribution < -0.4 is 4.74 Å². The zero-order valence-electron chi connectivity index (χ0n) is 14.4. The minimum atomic E-state index is -1.04. The molecule has 1 aromatic carbocycles. The number of carboxylic acids is 1. The van der Waals surface area contributed by atoms with Gasteiger partial charge in [0.2, 0.25) is 0 Å². The number of hydrogen-bond acceptors (Lipinski definition) is 4. The zero-order chi connectivity index (χ0) is 17.6. The molecule has 1 N–H and O–H groups in total. The van der Waals surface area contributed by atoms with Crippen molar-refractivity contribution in [2.75, 3.05) is 19.8 Å². The first-order chi connectivity index (χ1) is 12.1. The second-order valence-corrected chi connectivity index (χ2v) is 6.74. The molecule has 3 rings (SSSR count). The lowest BCUT2D eigenvalue weighted by Crippen LogP contribution is -2.43. The van der Waals surface area contributed by atoms with Crippen LogP contribution >= 0.6 is 0 Å². The number of aliphatic carboxylic acids is 1. The summed E-state index contributed by atoms with van der Waals surface area (Å²) in [7, 11) is 0. The number of carboxylic acid groups (broad SMARTS) is 1. The number of rotatable bonds is 7. The summed E-state index contributed by atoms with van der Waals surface area (Å²) in [4.78, 5) is 25.7. The summed E-state index contributed by atoms with van der Waals surface area (Å²) in [5.74, 6) is -0.664. The van der Waals surface area contributed by atoms with E-state index in [0.717, 1.165) is 45.1 Å². The normalized spacial score (nSPS) is 20.6. The van der Waals surface area contributed by atoms with Crippen LogP contribution in [0, 0.1) is 0 Å². The van der Waals surface area contributed by atoms with Gasteiger partial charge < -0.3 is 19.5 Å². The van der Waals surface area contributed by atoms with E-state index in [4.69, 9.17) is 14.6 Å². The highest BCUT2D eigenvalue weighted by atomic mass is 16.5. The smallest absolute Gasteiger partial charge is 0.341 e. The number of hydrogen-bond donors (Lipinski definition) is 1. The summed E-state index contributed by atoms with van der Waals surface area (Å²) < 4.78 is 10.9. The largest absolute Gasteiger partial charge is 0.482 e. The lowest BCUT2D eigenvalue weighted by molar-refractivity contribution is -0.139. The van der Waals surface area contributed by atoms with Gasteiger partial charge in [-0.1, -0.05) is 18.9 Å². The molecule has 0 spiro atoms. The molecule has 6 nitrogen and oxygen atoms in total. The Kier molecular flexibility index (Phi) is 5.91. The second kappa shape index (κ2) is 8.34. The van der Waals surface area contributed by atoms with Crippen molar-refractivity contribution in [2.45, 2.75) is 50.7 Å². The third-order valence-corrected chi connectivity index (χ3v) is 4.89. The fraction of sp³-hybridized carbons (Fsp3) is 0.579. The molecule has 2 fully saturated rings. The first kappa shape index (κ1) is 17.7. The summed E-state index contributed by atoms with van der Waals surface area (Å²) >= 11 is 0. The van der Waals surface area contributed by atoms with Crippen LogP contribution in [0.25, 0.3) is 0 Å². The van der Waals surface area contributed by atoms with Crippen molar-refractivity contribution in [3.8, 4) is 5.75 Å². The van der Waals surface area contributed by atoms with E-state index in [2.05, 4.69) is 0 Å². The van der Waals surface area contributed by atoms with Crippen LogP contribution in [0.4, 0.5) is 0 Å². The van der Waals surface area contributed by atoms with E-state index in [1.807, 2.05) is 4.90 Å². The van der Waals surface area contributed by atoms with Crippen LogP contribution in [-0.4, -0.2) is 53.8 Å². The van der Waals surface area contributed by atoms with Gasteiger partial charge in [-0.15, -0.1) is 0 Å². The second-order valence-electron chi connectivity index (χ2n) is 6.74. The van der Waals surface area contributed by atoms with E-state index in [0.29, 0.717) is 17.9 Å². The molecular formula is C19H25NO5. The summed E-state index contributed by atoms with van der Waals surface area (Å²) in [5, 5.41) is 8.73. The van der Waals surface area contributed by atoms with Crippen molar-refractivity contribution < 1.29 is 24.2 Å². The molecule has 136 valence electrons. The van der Waals surface area contributed by atoms with Crippen molar-refractivity contribution >= 4 is 11.9 Å². The molecule has 1 saturated heterocycles. The summed E-state index contributed by atoms with van der Waals surface area (Å²) in [6.07, 6.45) is 6.55. The third kappa shape index (κ3) is 4.72. The van der Waals surface area contributed by atoms with Gasteiger partial charge in [0.25, 0.3) is 5.91 Å². The third-order valence-electron chi connectivity index (χ3n) is 4.89. The highest BCUT2D eigenvalue weighted by Crippen LogP contribution is 2.27. The monoisotopic (exact) mass is 347 g/mol. The molecule has 1 amide bonds. The molecule has 2 aliphatic rings. The molecule has 1 aliphatic carbocycles. The van der Waals surface area contributed by atoms with Crippen molar-refractivity contribution in [1.29, 1.82) is 0 Å². The topological polar surface area (TPSA) is 76.1 Å². The van der Waals surface area contributed by atoms with Crippen LogP contribution in [0.2, 0.25) is 0 Å². The van der Waals surface area contributed by atoms with Gasteiger partial charge >= 0.3 is 5.97 Å². The van der Waals surface area contributed by atoms with E-state index >= 15 is 0 Å². The van der Waals surface area contributed by atoms with Crippen molar-refractivity contribution in [2.24, 2.45) is 0 Å². The Labute approximate surface area is 147 Å².